The van der Waals surface area contributed by atoms with Gasteiger partial charge in [0, 0.05) is 12.6 Å². The van der Waals surface area contributed by atoms with Gasteiger partial charge in [-0.2, -0.15) is 0 Å². The fourth-order valence-electron chi connectivity index (χ4n) is 4.33. The second kappa shape index (κ2) is 13.5. The van der Waals surface area contributed by atoms with Crippen LogP contribution in [-0.2, 0) is 26.2 Å². The van der Waals surface area contributed by atoms with Crippen molar-refractivity contribution in [3.05, 3.63) is 93.5 Å². The van der Waals surface area contributed by atoms with Gasteiger partial charge in [-0.15, -0.1) is 0 Å². The van der Waals surface area contributed by atoms with E-state index in [1.54, 1.807) is 61.5 Å². The van der Waals surface area contributed by atoms with Crippen LogP contribution in [0.25, 0.3) is 0 Å². The van der Waals surface area contributed by atoms with E-state index in [2.05, 4.69) is 5.32 Å². The number of carbonyl (C=O) groups is 2. The van der Waals surface area contributed by atoms with E-state index in [4.69, 9.17) is 23.2 Å². The number of halogens is 2. The minimum atomic E-state index is -4.13. The first kappa shape index (κ1) is 31.5. The fourth-order valence-corrected chi connectivity index (χ4v) is 6.13. The molecule has 0 saturated heterocycles. The number of hydrogen-bond donors (Lipinski definition) is 1. The Labute approximate surface area is 247 Å². The zero-order valence-electron chi connectivity index (χ0n) is 23.3. The van der Waals surface area contributed by atoms with Gasteiger partial charge in [0.15, 0.2) is 0 Å². The fraction of sp³-hybridized carbons (Fsp3) is 0.333. The minimum Gasteiger partial charge on any atom is -0.352 e. The molecular weight excluding hydrogens is 569 g/mol. The van der Waals surface area contributed by atoms with Crippen LogP contribution in [0.4, 0.5) is 5.69 Å². The predicted molar refractivity (Wildman–Crippen MR) is 161 cm³/mol. The van der Waals surface area contributed by atoms with E-state index in [0.29, 0.717) is 33.3 Å². The third-order valence-electron chi connectivity index (χ3n) is 6.43. The van der Waals surface area contributed by atoms with E-state index >= 15 is 0 Å². The number of anilines is 1. The molecule has 0 aliphatic heterocycles. The Balaban J connectivity index is 2.09. The van der Waals surface area contributed by atoms with Crippen molar-refractivity contribution in [1.29, 1.82) is 0 Å². The van der Waals surface area contributed by atoms with Crippen molar-refractivity contribution in [2.45, 2.75) is 64.6 Å². The maximum Gasteiger partial charge on any atom is 0.264 e. The van der Waals surface area contributed by atoms with Gasteiger partial charge in [0.05, 0.1) is 20.6 Å². The summed E-state index contributed by atoms with van der Waals surface area (Å²) in [6.45, 7) is 8.66. The average molecular weight is 605 g/mol. The minimum absolute atomic E-state index is 0.0337. The molecule has 2 amide bonds. The first-order chi connectivity index (χ1) is 18.8. The van der Waals surface area contributed by atoms with E-state index in [1.807, 2.05) is 27.7 Å². The summed E-state index contributed by atoms with van der Waals surface area (Å²) in [5.41, 5.74) is 2.63. The summed E-state index contributed by atoms with van der Waals surface area (Å²) < 4.78 is 29.0. The second-order valence-electron chi connectivity index (χ2n) is 9.97. The largest absolute Gasteiger partial charge is 0.352 e. The summed E-state index contributed by atoms with van der Waals surface area (Å²) in [7, 11) is -4.13. The molecule has 0 fully saturated rings. The highest BCUT2D eigenvalue weighted by Gasteiger charge is 2.34. The topological polar surface area (TPSA) is 86.8 Å². The van der Waals surface area contributed by atoms with Crippen LogP contribution < -0.4 is 9.62 Å². The maximum absolute atomic E-state index is 14.1. The molecule has 3 aromatic rings. The summed E-state index contributed by atoms with van der Waals surface area (Å²) in [6.07, 6.45) is 0.320. The summed E-state index contributed by atoms with van der Waals surface area (Å²) >= 11 is 12.3. The molecular formula is C30H35Cl2N3O4S. The molecule has 0 aromatic heterocycles. The molecule has 7 nitrogen and oxygen atoms in total. The summed E-state index contributed by atoms with van der Waals surface area (Å²) in [4.78, 5) is 28.8. The van der Waals surface area contributed by atoms with Crippen molar-refractivity contribution < 1.29 is 18.0 Å². The quantitative estimate of drug-likeness (QED) is 0.285. The van der Waals surface area contributed by atoms with E-state index in [9.17, 15) is 18.0 Å². The standard InChI is InChI=1S/C30H35Cl2N3O4S/c1-6-27(30(37)33-20(2)3)34(18-23-13-16-25(31)26(32)17-23)29(36)19-35(28-10-8-7-9-22(28)5)40(38,39)24-14-11-21(4)12-15-24/h7-17,20,27H,6,18-19H2,1-5H3,(H,33,37)/t27-/m1/s1. The number of amides is 2. The van der Waals surface area contributed by atoms with E-state index in [-0.39, 0.29) is 23.4 Å². The number of aryl methyl sites for hydroxylation is 2. The first-order valence-corrected chi connectivity index (χ1v) is 15.2. The summed E-state index contributed by atoms with van der Waals surface area (Å²) in [5, 5.41) is 3.56. The summed E-state index contributed by atoms with van der Waals surface area (Å²) in [6, 6.07) is 17.5. The average Bonchev–Trinajstić information content (AvgIpc) is 2.89. The highest BCUT2D eigenvalue weighted by atomic mass is 35.5. The van der Waals surface area contributed by atoms with Gasteiger partial charge in [-0.25, -0.2) is 8.42 Å². The Morgan fingerprint density at radius 2 is 1.57 bits per heavy atom. The van der Waals surface area contributed by atoms with E-state index < -0.39 is 28.5 Å². The molecule has 40 heavy (non-hydrogen) atoms. The van der Waals surface area contributed by atoms with Crippen LogP contribution in [0.3, 0.4) is 0 Å². The number of para-hydroxylation sites is 1. The smallest absolute Gasteiger partial charge is 0.264 e. The molecule has 0 saturated carbocycles. The van der Waals surface area contributed by atoms with Crippen molar-refractivity contribution in [2.75, 3.05) is 10.8 Å². The molecule has 10 heteroatoms. The molecule has 1 N–H and O–H groups in total. The van der Waals surface area contributed by atoms with Crippen molar-refractivity contribution in [3.8, 4) is 0 Å². The van der Waals surface area contributed by atoms with Gasteiger partial charge in [-0.3, -0.25) is 13.9 Å². The second-order valence-corrected chi connectivity index (χ2v) is 12.6. The molecule has 0 unspecified atom stereocenters. The molecule has 0 aliphatic rings. The Morgan fingerprint density at radius 3 is 2.15 bits per heavy atom. The molecule has 0 spiro atoms. The zero-order chi connectivity index (χ0) is 29.6. The Bertz CT molecular complexity index is 1460. The molecule has 0 bridgehead atoms. The molecule has 0 heterocycles. The molecule has 3 aromatic carbocycles. The number of sulfonamides is 1. The van der Waals surface area contributed by atoms with Crippen molar-refractivity contribution in [3.63, 3.8) is 0 Å². The number of benzene rings is 3. The normalized spacial score (nSPS) is 12.2. The van der Waals surface area contributed by atoms with Crippen LogP contribution in [0.1, 0.15) is 43.9 Å². The van der Waals surface area contributed by atoms with E-state index in [0.717, 1.165) is 9.87 Å². The Kier molecular flexibility index (Phi) is 10.6. The number of carbonyl (C=O) groups excluding carboxylic acids is 2. The van der Waals surface area contributed by atoms with Crippen molar-refractivity contribution >= 4 is 50.7 Å². The number of nitrogens with zero attached hydrogens (tertiary/aromatic N) is 2. The number of hydrogen-bond acceptors (Lipinski definition) is 4. The van der Waals surface area contributed by atoms with Crippen LogP contribution in [0.15, 0.2) is 71.6 Å². The van der Waals surface area contributed by atoms with Crippen LogP contribution >= 0.6 is 23.2 Å². The van der Waals surface area contributed by atoms with Gasteiger partial charge < -0.3 is 10.2 Å². The van der Waals surface area contributed by atoms with Crippen LogP contribution in [-0.4, -0.2) is 43.8 Å². The highest BCUT2D eigenvalue weighted by molar-refractivity contribution is 7.92. The lowest BCUT2D eigenvalue weighted by atomic mass is 10.1. The third kappa shape index (κ3) is 7.56. The van der Waals surface area contributed by atoms with Crippen molar-refractivity contribution in [1.82, 2.24) is 10.2 Å². The van der Waals surface area contributed by atoms with Gasteiger partial charge in [0.2, 0.25) is 11.8 Å². The Hall–Kier alpha value is -3.07. The van der Waals surface area contributed by atoms with Crippen LogP contribution in [0.2, 0.25) is 10.0 Å². The van der Waals surface area contributed by atoms with Crippen molar-refractivity contribution in [2.24, 2.45) is 0 Å². The lowest BCUT2D eigenvalue weighted by Crippen LogP contribution is -2.53. The third-order valence-corrected chi connectivity index (χ3v) is 8.94. The Morgan fingerprint density at radius 1 is 0.925 bits per heavy atom. The van der Waals surface area contributed by atoms with Gasteiger partial charge in [-0.05, 0) is 75.6 Å². The monoisotopic (exact) mass is 603 g/mol. The first-order valence-electron chi connectivity index (χ1n) is 13.0. The van der Waals surface area contributed by atoms with Crippen LogP contribution in [0, 0.1) is 13.8 Å². The maximum atomic E-state index is 14.1. The van der Waals surface area contributed by atoms with Crippen LogP contribution in [0.5, 0.6) is 0 Å². The number of nitrogens with one attached hydrogen (secondary N) is 1. The predicted octanol–water partition coefficient (Wildman–Crippen LogP) is 6.14. The van der Waals surface area contributed by atoms with E-state index in [1.165, 1.54) is 17.0 Å². The zero-order valence-corrected chi connectivity index (χ0v) is 25.6. The molecule has 214 valence electrons. The van der Waals surface area contributed by atoms with Gasteiger partial charge >= 0.3 is 0 Å². The lowest BCUT2D eigenvalue weighted by Gasteiger charge is -2.34. The molecule has 3 rings (SSSR count). The molecule has 0 aliphatic carbocycles. The SMILES string of the molecule is CC[C@H](C(=O)NC(C)C)N(Cc1ccc(Cl)c(Cl)c1)C(=O)CN(c1ccccc1C)S(=O)(=O)c1ccc(C)cc1. The van der Waals surface area contributed by atoms with Gasteiger partial charge in [0.25, 0.3) is 10.0 Å². The van der Waals surface area contributed by atoms with Gasteiger partial charge in [-0.1, -0.05) is 72.1 Å². The van der Waals surface area contributed by atoms with Gasteiger partial charge in [0.1, 0.15) is 12.6 Å². The molecule has 0 radical (unpaired) electrons. The highest BCUT2D eigenvalue weighted by Crippen LogP contribution is 2.28. The lowest BCUT2D eigenvalue weighted by molar-refractivity contribution is -0.140. The molecule has 1 atom stereocenters. The summed E-state index contributed by atoms with van der Waals surface area (Å²) in [5.74, 6) is -0.856. The number of rotatable bonds is 11.